The third-order valence-corrected chi connectivity index (χ3v) is 3.92. The normalized spacial score (nSPS) is 10.8. The third kappa shape index (κ3) is 2.09. The van der Waals surface area contributed by atoms with Crippen LogP contribution in [0.1, 0.15) is 15.9 Å². The Kier molecular flexibility index (Phi) is 3.17. The van der Waals surface area contributed by atoms with Crippen molar-refractivity contribution >= 4 is 44.1 Å². The largest absolute Gasteiger partial charge is 0.457 e. The lowest BCUT2D eigenvalue weighted by molar-refractivity contribution is 0.103. The van der Waals surface area contributed by atoms with Crippen LogP contribution in [0.3, 0.4) is 0 Å². The van der Waals surface area contributed by atoms with Crippen LogP contribution >= 0.6 is 27.5 Å². The maximum atomic E-state index is 12.5. The maximum Gasteiger partial charge on any atom is 0.198 e. The van der Waals surface area contributed by atoms with E-state index in [2.05, 4.69) is 15.9 Å². The minimum Gasteiger partial charge on any atom is -0.457 e. The van der Waals surface area contributed by atoms with Gasteiger partial charge in [0.1, 0.15) is 0 Å². The fraction of sp³-hybridized carbons (Fsp3) is 0. The predicted molar refractivity (Wildman–Crippen MR) is 78.8 cm³/mol. The molecule has 4 heteroatoms. The summed E-state index contributed by atoms with van der Waals surface area (Å²) >= 11 is 9.38. The lowest BCUT2D eigenvalue weighted by atomic mass is 9.99. The van der Waals surface area contributed by atoms with Crippen LogP contribution in [0.2, 0.25) is 5.02 Å². The van der Waals surface area contributed by atoms with Crippen LogP contribution in [0.25, 0.3) is 10.8 Å². The highest BCUT2D eigenvalue weighted by Crippen LogP contribution is 2.29. The van der Waals surface area contributed by atoms with Crippen molar-refractivity contribution in [1.82, 2.24) is 0 Å². The summed E-state index contributed by atoms with van der Waals surface area (Å²) in [7, 11) is 0. The minimum absolute atomic E-state index is 0.0894. The summed E-state index contributed by atoms with van der Waals surface area (Å²) in [5, 5.41) is 2.35. The van der Waals surface area contributed by atoms with Gasteiger partial charge < -0.3 is 4.42 Å². The fourth-order valence-electron chi connectivity index (χ4n) is 2.06. The molecule has 0 saturated heterocycles. The number of rotatable bonds is 2. The topological polar surface area (TPSA) is 30.2 Å². The van der Waals surface area contributed by atoms with E-state index < -0.39 is 0 Å². The van der Waals surface area contributed by atoms with Gasteiger partial charge in [-0.05, 0) is 39.5 Å². The molecule has 0 aliphatic carbocycles. The third-order valence-electron chi connectivity index (χ3n) is 2.98. The van der Waals surface area contributed by atoms with E-state index in [1.165, 1.54) is 6.26 Å². The van der Waals surface area contributed by atoms with Gasteiger partial charge in [-0.3, -0.25) is 4.79 Å². The van der Waals surface area contributed by atoms with Gasteiger partial charge >= 0.3 is 0 Å². The number of ketones is 1. The molecule has 94 valence electrons. The van der Waals surface area contributed by atoms with E-state index in [1.807, 2.05) is 24.3 Å². The van der Waals surface area contributed by atoms with Crippen molar-refractivity contribution in [1.29, 1.82) is 0 Å². The van der Waals surface area contributed by atoms with E-state index in [1.54, 1.807) is 18.2 Å². The molecule has 2 nitrogen and oxygen atoms in total. The van der Waals surface area contributed by atoms with Gasteiger partial charge in [0.2, 0.25) is 0 Å². The van der Waals surface area contributed by atoms with Crippen molar-refractivity contribution in [2.75, 3.05) is 0 Å². The molecule has 0 bridgehead atoms. The minimum atomic E-state index is -0.0894. The van der Waals surface area contributed by atoms with Crippen molar-refractivity contribution in [3.63, 3.8) is 0 Å². The zero-order chi connectivity index (χ0) is 13.4. The molecule has 0 atom stereocenters. The molecule has 0 aliphatic heterocycles. The number of carbonyl (C=O) groups excluding carboxylic acids is 1. The molecule has 1 heterocycles. The van der Waals surface area contributed by atoms with E-state index in [0.29, 0.717) is 20.8 Å². The highest BCUT2D eigenvalue weighted by atomic mass is 79.9. The molecule has 1 aromatic heterocycles. The summed E-state index contributed by atoms with van der Waals surface area (Å²) in [5.74, 6) is -0.0894. The van der Waals surface area contributed by atoms with Crippen LogP contribution in [0.15, 0.2) is 57.8 Å². The lowest BCUT2D eigenvalue weighted by Gasteiger charge is -2.06. The zero-order valence-corrected chi connectivity index (χ0v) is 12.0. The van der Waals surface area contributed by atoms with Crippen LogP contribution in [0.5, 0.6) is 0 Å². The van der Waals surface area contributed by atoms with Gasteiger partial charge in [0, 0.05) is 16.0 Å². The van der Waals surface area contributed by atoms with Gasteiger partial charge in [-0.2, -0.15) is 0 Å². The standard InChI is InChI=1S/C15H8BrClO2/c16-15-12(7-8-19-15)14(18)11-5-6-13(17)10-4-2-1-3-9(10)11/h1-8H. The zero-order valence-electron chi connectivity index (χ0n) is 9.69. The first-order valence-electron chi connectivity index (χ1n) is 5.63. The van der Waals surface area contributed by atoms with Gasteiger partial charge in [0.05, 0.1) is 11.8 Å². The smallest absolute Gasteiger partial charge is 0.198 e. The molecule has 19 heavy (non-hydrogen) atoms. The van der Waals surface area contributed by atoms with E-state index in [-0.39, 0.29) is 5.78 Å². The monoisotopic (exact) mass is 334 g/mol. The Balaban J connectivity index is 2.24. The molecule has 0 aliphatic rings. The second-order valence-electron chi connectivity index (χ2n) is 4.08. The highest BCUT2D eigenvalue weighted by molar-refractivity contribution is 9.10. The van der Waals surface area contributed by atoms with Gasteiger partial charge in [-0.15, -0.1) is 0 Å². The van der Waals surface area contributed by atoms with Crippen molar-refractivity contribution in [3.05, 3.63) is 69.5 Å². The molecular formula is C15H8BrClO2. The van der Waals surface area contributed by atoms with Crippen LogP contribution in [-0.2, 0) is 0 Å². The number of fused-ring (bicyclic) bond motifs is 1. The summed E-state index contributed by atoms with van der Waals surface area (Å²) in [6.45, 7) is 0. The number of hydrogen-bond acceptors (Lipinski definition) is 2. The molecule has 3 rings (SSSR count). The Morgan fingerprint density at radius 3 is 2.42 bits per heavy atom. The second-order valence-corrected chi connectivity index (χ2v) is 5.21. The summed E-state index contributed by atoms with van der Waals surface area (Å²) in [6.07, 6.45) is 1.48. The van der Waals surface area contributed by atoms with Crippen LogP contribution in [0.4, 0.5) is 0 Å². The molecule has 3 aromatic rings. The van der Waals surface area contributed by atoms with Gasteiger partial charge in [-0.1, -0.05) is 35.9 Å². The number of hydrogen-bond donors (Lipinski definition) is 0. The first-order chi connectivity index (χ1) is 9.18. The van der Waals surface area contributed by atoms with E-state index in [4.69, 9.17) is 16.0 Å². The molecule has 2 aromatic carbocycles. The molecular weight excluding hydrogens is 328 g/mol. The first-order valence-corrected chi connectivity index (χ1v) is 6.80. The van der Waals surface area contributed by atoms with Crippen LogP contribution in [-0.4, -0.2) is 5.78 Å². The number of carbonyl (C=O) groups is 1. The quantitative estimate of drug-likeness (QED) is 0.611. The molecule has 0 spiro atoms. The van der Waals surface area contributed by atoms with Crippen molar-refractivity contribution in [2.45, 2.75) is 0 Å². The molecule has 0 radical (unpaired) electrons. The Morgan fingerprint density at radius 2 is 1.74 bits per heavy atom. The van der Waals surface area contributed by atoms with E-state index in [9.17, 15) is 4.79 Å². The molecule has 0 saturated carbocycles. The van der Waals surface area contributed by atoms with Crippen LogP contribution < -0.4 is 0 Å². The van der Waals surface area contributed by atoms with Crippen LogP contribution in [0, 0.1) is 0 Å². The molecule has 0 amide bonds. The number of halogens is 2. The Morgan fingerprint density at radius 1 is 1.00 bits per heavy atom. The predicted octanol–water partition coefficient (Wildman–Crippen LogP) is 5.08. The van der Waals surface area contributed by atoms with E-state index in [0.717, 1.165) is 10.8 Å². The number of benzene rings is 2. The van der Waals surface area contributed by atoms with Crippen molar-refractivity contribution < 1.29 is 9.21 Å². The summed E-state index contributed by atoms with van der Waals surface area (Å²) in [4.78, 5) is 12.5. The Hall–Kier alpha value is -1.58. The average Bonchev–Trinajstić information content (AvgIpc) is 2.85. The molecule has 0 fully saturated rings. The van der Waals surface area contributed by atoms with Crippen molar-refractivity contribution in [3.8, 4) is 0 Å². The van der Waals surface area contributed by atoms with Gasteiger partial charge in [-0.25, -0.2) is 0 Å². The van der Waals surface area contributed by atoms with E-state index >= 15 is 0 Å². The van der Waals surface area contributed by atoms with Gasteiger partial charge in [0.25, 0.3) is 0 Å². The Bertz CT molecular complexity index is 777. The second kappa shape index (κ2) is 4.83. The molecule has 0 N–H and O–H groups in total. The fourth-order valence-corrected chi connectivity index (χ4v) is 2.71. The van der Waals surface area contributed by atoms with Gasteiger partial charge in [0.15, 0.2) is 10.5 Å². The molecule has 0 unspecified atom stereocenters. The summed E-state index contributed by atoms with van der Waals surface area (Å²) in [6, 6.07) is 12.7. The first kappa shape index (κ1) is 12.5. The Labute approximate surface area is 123 Å². The average molecular weight is 336 g/mol. The number of furan rings is 1. The lowest BCUT2D eigenvalue weighted by Crippen LogP contribution is -2.01. The SMILES string of the molecule is O=C(c1ccoc1Br)c1ccc(Cl)c2ccccc12. The van der Waals surface area contributed by atoms with Crippen molar-refractivity contribution in [2.24, 2.45) is 0 Å². The highest BCUT2D eigenvalue weighted by Gasteiger charge is 2.17. The summed E-state index contributed by atoms with van der Waals surface area (Å²) in [5.41, 5.74) is 1.12. The summed E-state index contributed by atoms with van der Waals surface area (Å²) < 4.78 is 5.55. The maximum absolute atomic E-state index is 12.5.